The van der Waals surface area contributed by atoms with Crippen molar-refractivity contribution in [3.05, 3.63) is 72.3 Å². The predicted molar refractivity (Wildman–Crippen MR) is 115 cm³/mol. The molecule has 162 valence electrons. The second-order valence-electron chi connectivity index (χ2n) is 8.97. The van der Waals surface area contributed by atoms with E-state index in [4.69, 9.17) is 9.47 Å². The van der Waals surface area contributed by atoms with E-state index in [-0.39, 0.29) is 23.8 Å². The summed E-state index contributed by atoms with van der Waals surface area (Å²) in [4.78, 5) is 42.8. The van der Waals surface area contributed by atoms with E-state index in [0.717, 1.165) is 5.57 Å². The summed E-state index contributed by atoms with van der Waals surface area (Å²) in [6.45, 7) is 3.78. The van der Waals surface area contributed by atoms with Crippen molar-refractivity contribution in [1.82, 2.24) is 4.90 Å². The van der Waals surface area contributed by atoms with Crippen LogP contribution in [-0.2, 0) is 19.1 Å². The highest BCUT2D eigenvalue weighted by atomic mass is 16.5. The Bertz CT molecular complexity index is 1160. The Balaban J connectivity index is 1.35. The number of β-lactam (4-membered cyclic amide) rings is 1. The van der Waals surface area contributed by atoms with Gasteiger partial charge in [-0.25, -0.2) is 4.90 Å². The first kappa shape index (κ1) is 19.3. The molecule has 2 aromatic rings. The van der Waals surface area contributed by atoms with Crippen LogP contribution in [0.5, 0.6) is 5.75 Å². The summed E-state index contributed by atoms with van der Waals surface area (Å²) in [5.41, 5.74) is 0.544. The average Bonchev–Trinajstić information content (AvgIpc) is 3.21. The number of carbonyl (C=O) groups excluding carboxylic acids is 3. The summed E-state index contributed by atoms with van der Waals surface area (Å²) >= 11 is 0. The maximum Gasteiger partial charge on any atom is 0.267 e. The molecule has 32 heavy (non-hydrogen) atoms. The molecule has 0 radical (unpaired) electrons. The Morgan fingerprint density at radius 3 is 2.25 bits per heavy atom. The van der Waals surface area contributed by atoms with Crippen molar-refractivity contribution in [2.75, 3.05) is 4.90 Å². The van der Waals surface area contributed by atoms with E-state index in [0.29, 0.717) is 11.4 Å². The van der Waals surface area contributed by atoms with Crippen LogP contribution in [0.4, 0.5) is 5.69 Å². The highest BCUT2D eigenvalue weighted by molar-refractivity contribution is 6.24. The quantitative estimate of drug-likeness (QED) is 0.424. The monoisotopic (exact) mass is 430 g/mol. The van der Waals surface area contributed by atoms with Gasteiger partial charge in [0.2, 0.25) is 12.0 Å². The number of benzene rings is 2. The molecule has 6 atom stereocenters. The average molecular weight is 430 g/mol. The number of para-hydroxylation sites is 2. The lowest BCUT2D eigenvalue weighted by atomic mass is 9.74. The normalized spacial score (nSPS) is 35.1. The summed E-state index contributed by atoms with van der Waals surface area (Å²) in [6.07, 6.45) is 0.385. The van der Waals surface area contributed by atoms with Crippen molar-refractivity contribution in [3.63, 3.8) is 0 Å². The van der Waals surface area contributed by atoms with Gasteiger partial charge in [-0.15, -0.1) is 0 Å². The third kappa shape index (κ3) is 2.42. The largest absolute Gasteiger partial charge is 0.478 e. The topological polar surface area (TPSA) is 76.2 Å². The van der Waals surface area contributed by atoms with Gasteiger partial charge in [0.15, 0.2) is 6.10 Å². The number of amides is 3. The van der Waals surface area contributed by atoms with Crippen LogP contribution in [0.15, 0.2) is 72.3 Å². The molecule has 0 aliphatic carbocycles. The molecule has 0 spiro atoms. The van der Waals surface area contributed by atoms with Gasteiger partial charge < -0.3 is 14.4 Å². The van der Waals surface area contributed by atoms with Gasteiger partial charge in [-0.1, -0.05) is 36.4 Å². The third-order valence-corrected chi connectivity index (χ3v) is 6.99. The lowest BCUT2D eigenvalue weighted by Gasteiger charge is -2.56. The van der Waals surface area contributed by atoms with Crippen LogP contribution in [0.2, 0.25) is 0 Å². The number of hydrogen-bond acceptors (Lipinski definition) is 5. The van der Waals surface area contributed by atoms with Crippen LogP contribution in [-0.4, -0.2) is 52.5 Å². The molecule has 0 bridgehead atoms. The van der Waals surface area contributed by atoms with Crippen molar-refractivity contribution >= 4 is 23.4 Å². The molecule has 4 aliphatic heterocycles. The van der Waals surface area contributed by atoms with E-state index in [1.54, 1.807) is 29.2 Å². The van der Waals surface area contributed by atoms with E-state index in [1.165, 1.54) is 4.90 Å². The van der Waals surface area contributed by atoms with E-state index in [1.807, 2.05) is 56.3 Å². The Morgan fingerprint density at radius 1 is 0.906 bits per heavy atom. The van der Waals surface area contributed by atoms with Gasteiger partial charge in [-0.2, -0.15) is 0 Å². The van der Waals surface area contributed by atoms with Crippen molar-refractivity contribution in [1.29, 1.82) is 0 Å². The summed E-state index contributed by atoms with van der Waals surface area (Å²) in [5, 5.41) is 0. The van der Waals surface area contributed by atoms with Crippen molar-refractivity contribution in [2.24, 2.45) is 5.92 Å². The molecular weight excluding hydrogens is 408 g/mol. The number of anilines is 1. The molecule has 4 aliphatic rings. The van der Waals surface area contributed by atoms with Gasteiger partial charge in [0, 0.05) is 0 Å². The first-order valence-corrected chi connectivity index (χ1v) is 10.7. The maximum atomic E-state index is 13.5. The van der Waals surface area contributed by atoms with Crippen LogP contribution in [0, 0.1) is 5.92 Å². The second kappa shape index (κ2) is 6.53. The minimum Gasteiger partial charge on any atom is -0.478 e. The fraction of sp³-hybridized carbons (Fsp3) is 0.320. The van der Waals surface area contributed by atoms with Crippen LogP contribution in [0.3, 0.4) is 0 Å². The lowest BCUT2D eigenvalue weighted by Crippen LogP contribution is -2.75. The molecule has 6 rings (SSSR count). The Labute approximate surface area is 185 Å². The van der Waals surface area contributed by atoms with Gasteiger partial charge in [0.1, 0.15) is 11.4 Å². The number of carbonyl (C=O) groups is 3. The molecule has 2 aromatic carbocycles. The molecule has 4 heterocycles. The maximum absolute atomic E-state index is 13.5. The highest BCUT2D eigenvalue weighted by Gasteiger charge is 2.71. The van der Waals surface area contributed by atoms with Crippen molar-refractivity contribution < 1.29 is 23.9 Å². The molecule has 3 fully saturated rings. The van der Waals surface area contributed by atoms with Crippen LogP contribution < -0.4 is 9.64 Å². The van der Waals surface area contributed by atoms with Gasteiger partial charge >= 0.3 is 0 Å². The van der Waals surface area contributed by atoms with E-state index < -0.39 is 29.8 Å². The Morgan fingerprint density at radius 2 is 1.56 bits per heavy atom. The zero-order chi connectivity index (χ0) is 22.2. The minimum absolute atomic E-state index is 0.190. The van der Waals surface area contributed by atoms with Crippen LogP contribution >= 0.6 is 0 Å². The molecular formula is C25H22N2O5. The second-order valence-corrected chi connectivity index (χ2v) is 8.97. The zero-order valence-corrected chi connectivity index (χ0v) is 17.7. The number of ether oxygens (including phenoxy) is 2. The number of nitrogens with zero attached hydrogens (tertiary/aromatic N) is 2. The molecule has 0 saturated carbocycles. The predicted octanol–water partition coefficient (Wildman–Crippen LogP) is 2.32. The molecule has 7 heteroatoms. The highest BCUT2D eigenvalue weighted by Crippen LogP contribution is 2.52. The fourth-order valence-corrected chi connectivity index (χ4v) is 5.74. The first-order chi connectivity index (χ1) is 15.4. The molecule has 3 amide bonds. The summed E-state index contributed by atoms with van der Waals surface area (Å²) in [6, 6.07) is 17.2. The van der Waals surface area contributed by atoms with Gasteiger partial charge in [-0.3, -0.25) is 14.4 Å². The Kier molecular flexibility index (Phi) is 3.93. The minimum atomic E-state index is -0.914. The van der Waals surface area contributed by atoms with E-state index in [9.17, 15) is 14.4 Å². The van der Waals surface area contributed by atoms with Crippen LogP contribution in [0.25, 0.3) is 0 Å². The van der Waals surface area contributed by atoms with Crippen LogP contribution in [0.1, 0.15) is 13.8 Å². The SMILES string of the molecule is CC1=C[C@]2(C)O[C@@H]3C(=O)N(c4ccccc4)C(=O)[C@@H]3C2N2C(=O)[C@H](Oc3ccccc3)[C@@H]12. The smallest absolute Gasteiger partial charge is 0.267 e. The molecule has 1 unspecified atom stereocenters. The molecule has 7 nitrogen and oxygen atoms in total. The van der Waals surface area contributed by atoms with E-state index >= 15 is 0 Å². The summed E-state index contributed by atoms with van der Waals surface area (Å²) in [5.74, 6) is -1.03. The lowest BCUT2D eigenvalue weighted by molar-refractivity contribution is -0.174. The standard InChI is InChI=1S/C25H22N2O5/c1-14-13-25(2)21(27-18(14)20(24(27)30)31-16-11-7-4-8-12-16)17-19(32-25)23(29)26(22(17)28)15-9-5-3-6-10-15/h3-13,17-21H,1-2H3/t17-,18+,19-,20+,21?,25-/m0/s1. The third-order valence-electron chi connectivity index (χ3n) is 6.99. The van der Waals surface area contributed by atoms with Crippen molar-refractivity contribution in [2.45, 2.75) is 43.7 Å². The van der Waals surface area contributed by atoms with Gasteiger partial charge in [0.05, 0.1) is 23.7 Å². The van der Waals surface area contributed by atoms with Crippen molar-refractivity contribution in [3.8, 4) is 5.75 Å². The van der Waals surface area contributed by atoms with E-state index in [2.05, 4.69) is 0 Å². The molecule has 3 saturated heterocycles. The number of hydrogen-bond donors (Lipinski definition) is 0. The number of imide groups is 1. The number of rotatable bonds is 3. The summed E-state index contributed by atoms with van der Waals surface area (Å²) in [7, 11) is 0. The van der Waals surface area contributed by atoms with Gasteiger partial charge in [0.25, 0.3) is 11.8 Å². The molecule has 0 N–H and O–H groups in total. The zero-order valence-electron chi connectivity index (χ0n) is 17.7. The molecule has 0 aromatic heterocycles. The Hall–Kier alpha value is -3.45. The fourth-order valence-electron chi connectivity index (χ4n) is 5.74. The van der Waals surface area contributed by atoms with Gasteiger partial charge in [-0.05, 0) is 49.8 Å². The number of fused-ring (bicyclic) bond motifs is 5. The first-order valence-electron chi connectivity index (χ1n) is 10.7. The summed E-state index contributed by atoms with van der Waals surface area (Å²) < 4.78 is 12.2.